The molecule has 0 unspecified atom stereocenters. The van der Waals surface area contributed by atoms with Gasteiger partial charge in [-0.1, -0.05) is 0 Å². The molecule has 1 aromatic rings. The zero-order chi connectivity index (χ0) is 17.0. The molecule has 0 bridgehead atoms. The second kappa shape index (κ2) is 7.26. The molecule has 0 radical (unpaired) electrons. The quantitative estimate of drug-likeness (QED) is 0.909. The molecule has 1 heterocycles. The van der Waals surface area contributed by atoms with E-state index in [4.69, 9.17) is 5.41 Å². The first-order valence-corrected chi connectivity index (χ1v) is 8.08. The predicted molar refractivity (Wildman–Crippen MR) is 98.3 cm³/mol. The lowest BCUT2D eigenvalue weighted by molar-refractivity contribution is 0.470. The van der Waals surface area contributed by atoms with Crippen molar-refractivity contribution in [2.75, 3.05) is 38.6 Å². The number of nitrogens with one attached hydrogen (secondary N) is 1. The van der Waals surface area contributed by atoms with Gasteiger partial charge in [0.25, 0.3) is 0 Å². The van der Waals surface area contributed by atoms with Crippen LogP contribution in [0.5, 0.6) is 0 Å². The minimum absolute atomic E-state index is 0.351. The molecular formula is C17H26N6. The first kappa shape index (κ1) is 17.0. The van der Waals surface area contributed by atoms with Crippen LogP contribution in [0.1, 0.15) is 20.8 Å². The maximum absolute atomic E-state index is 8.25. The van der Waals surface area contributed by atoms with E-state index in [2.05, 4.69) is 41.0 Å². The molecule has 0 spiro atoms. The molecule has 6 nitrogen and oxygen atoms in total. The fourth-order valence-electron chi connectivity index (χ4n) is 2.53. The maximum atomic E-state index is 8.25. The van der Waals surface area contributed by atoms with Crippen molar-refractivity contribution >= 4 is 28.8 Å². The highest BCUT2D eigenvalue weighted by Crippen LogP contribution is 2.21. The smallest absolute Gasteiger partial charge is 0.178 e. The van der Waals surface area contributed by atoms with Crippen molar-refractivity contribution in [3.8, 4) is 0 Å². The van der Waals surface area contributed by atoms with E-state index in [1.165, 1.54) is 5.69 Å². The lowest BCUT2D eigenvalue weighted by atomic mass is 10.2. The third-order valence-corrected chi connectivity index (χ3v) is 3.85. The lowest BCUT2D eigenvalue weighted by Gasteiger charge is -2.20. The van der Waals surface area contributed by atoms with Crippen LogP contribution in [0.4, 0.5) is 11.4 Å². The van der Waals surface area contributed by atoms with E-state index in [1.807, 2.05) is 38.1 Å². The van der Waals surface area contributed by atoms with Crippen molar-refractivity contribution in [3.05, 3.63) is 24.3 Å². The Balaban J connectivity index is 2.30. The maximum Gasteiger partial charge on any atom is 0.178 e. The molecule has 2 rings (SSSR count). The normalized spacial score (nSPS) is 16.0. The molecule has 0 aliphatic carbocycles. The molecule has 0 aromatic heterocycles. The van der Waals surface area contributed by atoms with Crippen molar-refractivity contribution in [2.24, 2.45) is 10.1 Å². The fourth-order valence-corrected chi connectivity index (χ4v) is 2.53. The number of hydrazone groups is 1. The van der Waals surface area contributed by atoms with Crippen LogP contribution < -0.4 is 4.90 Å². The number of aliphatic imine (C=N–C) groups is 1. The van der Waals surface area contributed by atoms with Gasteiger partial charge in [0.1, 0.15) is 0 Å². The topological polar surface area (TPSA) is 58.3 Å². The van der Waals surface area contributed by atoms with Gasteiger partial charge < -0.3 is 9.80 Å². The summed E-state index contributed by atoms with van der Waals surface area (Å²) >= 11 is 0. The Morgan fingerprint density at radius 1 is 1.09 bits per heavy atom. The van der Waals surface area contributed by atoms with Gasteiger partial charge in [0.2, 0.25) is 0 Å². The Hall–Kier alpha value is -2.37. The molecule has 0 saturated heterocycles. The minimum Gasteiger partial charge on any atom is -0.372 e. The first-order valence-electron chi connectivity index (χ1n) is 8.08. The molecule has 0 fully saturated rings. The van der Waals surface area contributed by atoms with Crippen molar-refractivity contribution < 1.29 is 0 Å². The molecule has 0 saturated carbocycles. The number of nitrogens with zero attached hydrogens (tertiary/aromatic N) is 5. The molecule has 1 aromatic carbocycles. The molecule has 1 aliphatic heterocycles. The van der Waals surface area contributed by atoms with Crippen LogP contribution >= 0.6 is 0 Å². The van der Waals surface area contributed by atoms with Crippen LogP contribution in [-0.2, 0) is 0 Å². The Bertz CT molecular complexity index is 610. The zero-order valence-corrected chi connectivity index (χ0v) is 14.7. The van der Waals surface area contributed by atoms with E-state index in [-0.39, 0.29) is 0 Å². The number of anilines is 1. The molecule has 1 aliphatic rings. The van der Waals surface area contributed by atoms with Gasteiger partial charge in [-0.3, -0.25) is 5.41 Å². The number of hydrogen-bond acceptors (Lipinski definition) is 5. The molecule has 1 N–H and O–H groups in total. The van der Waals surface area contributed by atoms with Crippen LogP contribution in [0.25, 0.3) is 0 Å². The Kier molecular flexibility index (Phi) is 5.36. The van der Waals surface area contributed by atoms with Crippen molar-refractivity contribution in [2.45, 2.75) is 20.8 Å². The summed E-state index contributed by atoms with van der Waals surface area (Å²) in [5.41, 5.74) is 2.65. The van der Waals surface area contributed by atoms with E-state index in [0.717, 1.165) is 24.6 Å². The summed E-state index contributed by atoms with van der Waals surface area (Å²) in [6, 6.07) is 8.15. The predicted octanol–water partition coefficient (Wildman–Crippen LogP) is 2.79. The summed E-state index contributed by atoms with van der Waals surface area (Å²) in [5, 5.41) is 14.4. The highest BCUT2D eigenvalue weighted by molar-refractivity contribution is 6.69. The van der Waals surface area contributed by atoms with Gasteiger partial charge in [-0.15, -0.1) is 0 Å². The summed E-state index contributed by atoms with van der Waals surface area (Å²) in [6.45, 7) is 8.91. The monoisotopic (exact) mass is 314 g/mol. The van der Waals surface area contributed by atoms with Crippen molar-refractivity contribution in [1.82, 2.24) is 9.91 Å². The van der Waals surface area contributed by atoms with Crippen LogP contribution in [0.2, 0.25) is 0 Å². The van der Waals surface area contributed by atoms with Crippen LogP contribution in [-0.4, -0.2) is 61.0 Å². The third-order valence-electron chi connectivity index (χ3n) is 3.85. The largest absolute Gasteiger partial charge is 0.372 e. The SMILES string of the molecule is CCN1N=C(N(C)C)C(=Nc2ccc(N(CC)CC)cc2)C1=N. The first-order chi connectivity index (χ1) is 11.0. The second-order valence-corrected chi connectivity index (χ2v) is 5.53. The third kappa shape index (κ3) is 3.52. The lowest BCUT2D eigenvalue weighted by Crippen LogP contribution is -2.32. The molecule has 0 amide bonds. The fraction of sp³-hybridized carbons (Fsp3) is 0.471. The molecule has 0 atom stereocenters. The highest BCUT2D eigenvalue weighted by atomic mass is 15.5. The van der Waals surface area contributed by atoms with Gasteiger partial charge in [-0.05, 0) is 45.0 Å². The second-order valence-electron chi connectivity index (χ2n) is 5.53. The molecule has 124 valence electrons. The van der Waals surface area contributed by atoms with E-state index in [0.29, 0.717) is 18.1 Å². The summed E-state index contributed by atoms with van der Waals surface area (Å²) in [4.78, 5) is 8.84. The van der Waals surface area contributed by atoms with E-state index < -0.39 is 0 Å². The zero-order valence-electron chi connectivity index (χ0n) is 14.7. The Morgan fingerprint density at radius 3 is 2.17 bits per heavy atom. The summed E-state index contributed by atoms with van der Waals surface area (Å²) in [7, 11) is 3.84. The number of rotatable bonds is 5. The summed E-state index contributed by atoms with van der Waals surface area (Å²) < 4.78 is 0. The van der Waals surface area contributed by atoms with Gasteiger partial charge in [-0.25, -0.2) is 10.0 Å². The average Bonchev–Trinajstić information content (AvgIpc) is 2.87. The number of hydrogen-bond donors (Lipinski definition) is 1. The van der Waals surface area contributed by atoms with Gasteiger partial charge >= 0.3 is 0 Å². The standard InChI is InChI=1S/C17H26N6/c1-6-22(7-2)14-11-9-13(10-12-14)19-15-16(18)23(8-3)20-17(15)21(4)5/h9-12,18H,6-8H2,1-5H3. The summed E-state index contributed by atoms with van der Waals surface area (Å²) in [5.74, 6) is 1.08. The van der Waals surface area contributed by atoms with Gasteiger partial charge in [0.15, 0.2) is 17.4 Å². The van der Waals surface area contributed by atoms with Gasteiger partial charge in [0, 0.05) is 39.4 Å². The Morgan fingerprint density at radius 2 is 1.70 bits per heavy atom. The average molecular weight is 314 g/mol. The van der Waals surface area contributed by atoms with E-state index >= 15 is 0 Å². The van der Waals surface area contributed by atoms with Crippen LogP contribution in [0, 0.1) is 5.41 Å². The number of benzene rings is 1. The molecular weight excluding hydrogens is 288 g/mol. The number of amidine groups is 2. The molecule has 23 heavy (non-hydrogen) atoms. The van der Waals surface area contributed by atoms with Crippen molar-refractivity contribution in [1.29, 1.82) is 5.41 Å². The van der Waals surface area contributed by atoms with E-state index in [9.17, 15) is 0 Å². The van der Waals surface area contributed by atoms with Crippen LogP contribution in [0.3, 0.4) is 0 Å². The highest BCUT2D eigenvalue weighted by Gasteiger charge is 2.28. The minimum atomic E-state index is 0.351. The Labute approximate surface area is 138 Å². The van der Waals surface area contributed by atoms with Crippen LogP contribution in [0.15, 0.2) is 34.4 Å². The van der Waals surface area contributed by atoms with Gasteiger partial charge in [0.05, 0.1) is 5.69 Å². The van der Waals surface area contributed by atoms with Crippen molar-refractivity contribution in [3.63, 3.8) is 0 Å². The molecule has 6 heteroatoms. The van der Waals surface area contributed by atoms with E-state index in [1.54, 1.807) is 5.01 Å². The summed E-state index contributed by atoms with van der Waals surface area (Å²) in [6.07, 6.45) is 0. The van der Waals surface area contributed by atoms with Gasteiger partial charge in [-0.2, -0.15) is 5.10 Å².